The molecule has 1 aliphatic heterocycles. The third-order valence-electron chi connectivity index (χ3n) is 3.84. The Morgan fingerprint density at radius 2 is 2.25 bits per heavy atom. The van der Waals surface area contributed by atoms with Crippen LogP contribution in [0.4, 0.5) is 4.39 Å². The molecule has 1 saturated heterocycles. The smallest absolute Gasteiger partial charge is 0.260 e. The molecule has 0 aliphatic carbocycles. The summed E-state index contributed by atoms with van der Waals surface area (Å²) in [6, 6.07) is 3.91. The largest absolute Gasteiger partial charge is 0.484 e. The molecular formula is C16H21ClFN3O3. The summed E-state index contributed by atoms with van der Waals surface area (Å²) in [5.74, 6) is -0.743. The molecule has 8 heteroatoms. The van der Waals surface area contributed by atoms with E-state index in [-0.39, 0.29) is 29.4 Å². The van der Waals surface area contributed by atoms with E-state index in [2.05, 4.69) is 5.32 Å². The number of rotatable bonds is 6. The third-order valence-corrected chi connectivity index (χ3v) is 4.13. The summed E-state index contributed by atoms with van der Waals surface area (Å²) in [6.07, 6.45) is 1.50. The second kappa shape index (κ2) is 8.84. The molecule has 1 heterocycles. The summed E-state index contributed by atoms with van der Waals surface area (Å²) in [6.45, 7) is 1.59. The Morgan fingerprint density at radius 3 is 2.96 bits per heavy atom. The first-order chi connectivity index (χ1) is 11.5. The van der Waals surface area contributed by atoms with Crippen LogP contribution in [-0.2, 0) is 9.59 Å². The van der Waals surface area contributed by atoms with Crippen LogP contribution in [0.5, 0.6) is 5.75 Å². The van der Waals surface area contributed by atoms with E-state index < -0.39 is 5.82 Å². The Bertz CT molecular complexity index is 600. The lowest BCUT2D eigenvalue weighted by atomic mass is 9.97. The van der Waals surface area contributed by atoms with Gasteiger partial charge in [-0.3, -0.25) is 9.59 Å². The molecule has 0 spiro atoms. The SMILES string of the molecule is NCCNC(=O)C1CCCN(C(=O)COc2ccc(F)c(Cl)c2)C1. The second-order valence-electron chi connectivity index (χ2n) is 5.62. The summed E-state index contributed by atoms with van der Waals surface area (Å²) in [7, 11) is 0. The van der Waals surface area contributed by atoms with Crippen molar-refractivity contribution >= 4 is 23.4 Å². The van der Waals surface area contributed by atoms with Gasteiger partial charge in [0.05, 0.1) is 10.9 Å². The highest BCUT2D eigenvalue weighted by atomic mass is 35.5. The van der Waals surface area contributed by atoms with Gasteiger partial charge in [0, 0.05) is 32.2 Å². The molecule has 1 fully saturated rings. The van der Waals surface area contributed by atoms with Gasteiger partial charge in [0.15, 0.2) is 6.61 Å². The highest BCUT2D eigenvalue weighted by molar-refractivity contribution is 6.30. The fraction of sp³-hybridized carbons (Fsp3) is 0.500. The van der Waals surface area contributed by atoms with Crippen LogP contribution in [0.15, 0.2) is 18.2 Å². The van der Waals surface area contributed by atoms with Crippen molar-refractivity contribution in [3.05, 3.63) is 29.0 Å². The molecule has 1 atom stereocenters. The number of nitrogens with two attached hydrogens (primary N) is 1. The Hall–Kier alpha value is -1.86. The molecule has 2 rings (SSSR count). The van der Waals surface area contributed by atoms with Crippen molar-refractivity contribution in [2.75, 3.05) is 32.8 Å². The molecule has 24 heavy (non-hydrogen) atoms. The predicted octanol–water partition coefficient (Wildman–Crippen LogP) is 1.17. The van der Waals surface area contributed by atoms with Gasteiger partial charge >= 0.3 is 0 Å². The fourth-order valence-corrected chi connectivity index (χ4v) is 2.73. The second-order valence-corrected chi connectivity index (χ2v) is 6.03. The molecule has 0 saturated carbocycles. The number of likely N-dealkylation sites (tertiary alicyclic amines) is 1. The number of nitrogens with zero attached hydrogens (tertiary/aromatic N) is 1. The number of halogens is 2. The van der Waals surface area contributed by atoms with Gasteiger partial charge in [-0.2, -0.15) is 0 Å². The normalized spacial score (nSPS) is 17.5. The van der Waals surface area contributed by atoms with Gasteiger partial charge in [0.1, 0.15) is 11.6 Å². The monoisotopic (exact) mass is 357 g/mol. The van der Waals surface area contributed by atoms with Gasteiger partial charge in [-0.05, 0) is 25.0 Å². The van der Waals surface area contributed by atoms with Crippen molar-refractivity contribution in [2.24, 2.45) is 11.7 Å². The Balaban J connectivity index is 1.85. The van der Waals surface area contributed by atoms with Gasteiger partial charge in [-0.1, -0.05) is 11.6 Å². The minimum absolute atomic E-state index is 0.0606. The number of benzene rings is 1. The van der Waals surface area contributed by atoms with Gasteiger partial charge in [0.2, 0.25) is 5.91 Å². The molecular weight excluding hydrogens is 337 g/mol. The highest BCUT2D eigenvalue weighted by Gasteiger charge is 2.28. The molecule has 0 bridgehead atoms. The van der Waals surface area contributed by atoms with E-state index in [1.165, 1.54) is 18.2 Å². The van der Waals surface area contributed by atoms with Crippen molar-refractivity contribution < 1.29 is 18.7 Å². The van der Waals surface area contributed by atoms with Crippen LogP contribution >= 0.6 is 11.6 Å². The minimum atomic E-state index is -0.544. The number of ether oxygens (including phenoxy) is 1. The Morgan fingerprint density at radius 1 is 1.46 bits per heavy atom. The molecule has 1 aromatic rings. The van der Waals surface area contributed by atoms with Crippen molar-refractivity contribution in [1.29, 1.82) is 0 Å². The van der Waals surface area contributed by atoms with E-state index in [1.807, 2.05) is 0 Å². The highest BCUT2D eigenvalue weighted by Crippen LogP contribution is 2.21. The third kappa shape index (κ3) is 5.07. The van der Waals surface area contributed by atoms with Crippen LogP contribution < -0.4 is 15.8 Å². The van der Waals surface area contributed by atoms with E-state index in [1.54, 1.807) is 4.90 Å². The lowest BCUT2D eigenvalue weighted by molar-refractivity contribution is -0.137. The number of hydrogen-bond acceptors (Lipinski definition) is 4. The van der Waals surface area contributed by atoms with E-state index in [0.29, 0.717) is 31.9 Å². The molecule has 1 unspecified atom stereocenters. The number of piperidine rings is 1. The van der Waals surface area contributed by atoms with Gasteiger partial charge in [-0.25, -0.2) is 4.39 Å². The van der Waals surface area contributed by atoms with Crippen molar-refractivity contribution in [3.63, 3.8) is 0 Å². The number of hydrogen-bond donors (Lipinski definition) is 2. The summed E-state index contributed by atoms with van der Waals surface area (Å²) in [4.78, 5) is 25.8. The first-order valence-corrected chi connectivity index (χ1v) is 8.22. The number of amides is 2. The predicted molar refractivity (Wildman–Crippen MR) is 88.3 cm³/mol. The van der Waals surface area contributed by atoms with E-state index in [9.17, 15) is 14.0 Å². The summed E-state index contributed by atoms with van der Waals surface area (Å²) >= 11 is 5.67. The molecule has 2 amide bonds. The molecule has 3 N–H and O–H groups in total. The first-order valence-electron chi connectivity index (χ1n) is 7.84. The maximum Gasteiger partial charge on any atom is 0.260 e. The zero-order chi connectivity index (χ0) is 17.5. The lowest BCUT2D eigenvalue weighted by Gasteiger charge is -2.32. The maximum atomic E-state index is 13.1. The van der Waals surface area contributed by atoms with Crippen molar-refractivity contribution in [1.82, 2.24) is 10.2 Å². The van der Waals surface area contributed by atoms with Crippen molar-refractivity contribution in [3.8, 4) is 5.75 Å². The quantitative estimate of drug-likeness (QED) is 0.800. The minimum Gasteiger partial charge on any atom is -0.484 e. The molecule has 6 nitrogen and oxygen atoms in total. The lowest BCUT2D eigenvalue weighted by Crippen LogP contribution is -2.47. The van der Waals surface area contributed by atoms with Crippen LogP contribution in [-0.4, -0.2) is 49.5 Å². The Kier molecular flexibility index (Phi) is 6.81. The van der Waals surface area contributed by atoms with Gasteiger partial charge in [-0.15, -0.1) is 0 Å². The number of nitrogens with one attached hydrogen (secondary N) is 1. The average Bonchev–Trinajstić information content (AvgIpc) is 2.60. The number of carbonyl (C=O) groups is 2. The molecule has 132 valence electrons. The van der Waals surface area contributed by atoms with Crippen LogP contribution in [0.3, 0.4) is 0 Å². The van der Waals surface area contributed by atoms with Gasteiger partial charge < -0.3 is 20.7 Å². The first kappa shape index (κ1) is 18.5. The summed E-state index contributed by atoms with van der Waals surface area (Å²) in [5.41, 5.74) is 5.37. The van der Waals surface area contributed by atoms with Crippen LogP contribution in [0.2, 0.25) is 5.02 Å². The maximum absolute atomic E-state index is 13.1. The zero-order valence-electron chi connectivity index (χ0n) is 13.3. The van der Waals surface area contributed by atoms with E-state index >= 15 is 0 Å². The molecule has 0 radical (unpaired) electrons. The fourth-order valence-electron chi connectivity index (χ4n) is 2.56. The standard InChI is InChI=1S/C16H21ClFN3O3/c17-13-8-12(3-4-14(13)18)24-10-15(22)21-7-1-2-11(9-21)16(23)20-6-5-19/h3-4,8,11H,1-2,5-7,9-10,19H2,(H,20,23). The van der Waals surface area contributed by atoms with Crippen LogP contribution in [0, 0.1) is 11.7 Å². The van der Waals surface area contributed by atoms with Gasteiger partial charge in [0.25, 0.3) is 5.91 Å². The van der Waals surface area contributed by atoms with Crippen LogP contribution in [0.25, 0.3) is 0 Å². The Labute approximate surface area is 145 Å². The van der Waals surface area contributed by atoms with Crippen molar-refractivity contribution in [2.45, 2.75) is 12.8 Å². The molecule has 0 aromatic heterocycles. The van der Waals surface area contributed by atoms with E-state index in [4.69, 9.17) is 22.1 Å². The summed E-state index contributed by atoms with van der Waals surface area (Å²) < 4.78 is 18.4. The molecule has 1 aromatic carbocycles. The molecule has 1 aliphatic rings. The summed E-state index contributed by atoms with van der Waals surface area (Å²) in [5, 5.41) is 2.69. The average molecular weight is 358 g/mol. The zero-order valence-corrected chi connectivity index (χ0v) is 14.0. The number of carbonyl (C=O) groups excluding carboxylic acids is 2. The topological polar surface area (TPSA) is 84.7 Å². The van der Waals surface area contributed by atoms with E-state index in [0.717, 1.165) is 12.8 Å². The van der Waals surface area contributed by atoms with Crippen LogP contribution in [0.1, 0.15) is 12.8 Å².